The molecule has 32 heavy (non-hydrogen) atoms. The number of nitrogens with one attached hydrogen (secondary N) is 1. The van der Waals surface area contributed by atoms with Gasteiger partial charge < -0.3 is 14.8 Å². The van der Waals surface area contributed by atoms with Crippen LogP contribution in [0.4, 0.5) is 9.18 Å². The molecule has 0 unspecified atom stereocenters. The summed E-state index contributed by atoms with van der Waals surface area (Å²) in [7, 11) is 1.51. The lowest BCUT2D eigenvalue weighted by Gasteiger charge is -2.28. The molecule has 2 aromatic rings. The highest BCUT2D eigenvalue weighted by atomic mass is 79.9. The van der Waals surface area contributed by atoms with E-state index in [0.717, 1.165) is 32.1 Å². The number of imide groups is 1. The van der Waals surface area contributed by atoms with Crippen LogP contribution >= 0.6 is 15.9 Å². The Morgan fingerprint density at radius 2 is 1.97 bits per heavy atom. The van der Waals surface area contributed by atoms with Gasteiger partial charge in [0.15, 0.2) is 11.5 Å². The van der Waals surface area contributed by atoms with E-state index in [2.05, 4.69) is 21.2 Å². The highest BCUT2D eigenvalue weighted by Crippen LogP contribution is 2.38. The number of amides is 3. The maximum atomic E-state index is 13.4. The van der Waals surface area contributed by atoms with Gasteiger partial charge in [-0.15, -0.1) is 0 Å². The summed E-state index contributed by atoms with van der Waals surface area (Å²) in [4.78, 5) is 26.7. The van der Waals surface area contributed by atoms with Crippen molar-refractivity contribution in [3.63, 3.8) is 0 Å². The number of ether oxygens (including phenoxy) is 2. The third kappa shape index (κ3) is 4.80. The Morgan fingerprint density at radius 1 is 1.19 bits per heavy atom. The molecule has 0 bridgehead atoms. The maximum absolute atomic E-state index is 13.4. The van der Waals surface area contributed by atoms with Crippen molar-refractivity contribution in [3.8, 4) is 11.5 Å². The molecular formula is C24H24BrFN2O4. The third-order valence-electron chi connectivity index (χ3n) is 5.68. The van der Waals surface area contributed by atoms with Crippen LogP contribution in [0.1, 0.15) is 43.2 Å². The van der Waals surface area contributed by atoms with E-state index in [4.69, 9.17) is 9.47 Å². The number of hydrogen-bond acceptors (Lipinski definition) is 4. The zero-order chi connectivity index (χ0) is 22.7. The van der Waals surface area contributed by atoms with E-state index < -0.39 is 0 Å². The van der Waals surface area contributed by atoms with Crippen molar-refractivity contribution in [1.82, 2.24) is 10.2 Å². The van der Waals surface area contributed by atoms with Crippen LogP contribution in [-0.4, -0.2) is 30.0 Å². The molecule has 1 saturated heterocycles. The lowest BCUT2D eigenvalue weighted by atomic mass is 9.94. The van der Waals surface area contributed by atoms with Gasteiger partial charge in [-0.05, 0) is 70.2 Å². The van der Waals surface area contributed by atoms with Gasteiger partial charge in [-0.1, -0.05) is 31.4 Å². The summed E-state index contributed by atoms with van der Waals surface area (Å²) in [5.41, 5.74) is 1.59. The Balaban J connectivity index is 1.54. The van der Waals surface area contributed by atoms with Crippen molar-refractivity contribution in [2.24, 2.45) is 0 Å². The van der Waals surface area contributed by atoms with Crippen molar-refractivity contribution in [2.45, 2.75) is 44.8 Å². The van der Waals surface area contributed by atoms with E-state index in [0.29, 0.717) is 27.1 Å². The molecule has 8 heteroatoms. The lowest BCUT2D eigenvalue weighted by molar-refractivity contribution is -0.124. The molecule has 1 aliphatic carbocycles. The Kier molecular flexibility index (Phi) is 6.79. The molecule has 0 atom stereocenters. The number of hydrogen-bond donors (Lipinski definition) is 1. The van der Waals surface area contributed by atoms with Crippen LogP contribution in [0, 0.1) is 5.82 Å². The molecule has 1 N–H and O–H groups in total. The number of nitrogens with zero attached hydrogens (tertiary/aromatic N) is 1. The molecule has 2 fully saturated rings. The minimum Gasteiger partial charge on any atom is -0.493 e. The first-order valence-corrected chi connectivity index (χ1v) is 11.4. The number of urea groups is 1. The zero-order valence-electron chi connectivity index (χ0n) is 17.7. The highest BCUT2D eigenvalue weighted by Gasteiger charge is 2.39. The molecular weight excluding hydrogens is 479 g/mol. The maximum Gasteiger partial charge on any atom is 0.329 e. The molecule has 2 aliphatic rings. The fourth-order valence-corrected chi connectivity index (χ4v) is 4.71. The van der Waals surface area contributed by atoms with Crippen molar-refractivity contribution >= 4 is 33.9 Å². The first-order valence-electron chi connectivity index (χ1n) is 10.6. The molecule has 0 radical (unpaired) electrons. The van der Waals surface area contributed by atoms with Crippen molar-refractivity contribution < 1.29 is 23.5 Å². The topological polar surface area (TPSA) is 67.9 Å². The summed E-state index contributed by atoms with van der Waals surface area (Å²) in [6.45, 7) is 0.165. The van der Waals surface area contributed by atoms with E-state index in [1.54, 1.807) is 30.3 Å². The van der Waals surface area contributed by atoms with Gasteiger partial charge >= 0.3 is 6.03 Å². The van der Waals surface area contributed by atoms with E-state index in [9.17, 15) is 14.0 Å². The fraction of sp³-hybridized carbons (Fsp3) is 0.333. The predicted octanol–water partition coefficient (Wildman–Crippen LogP) is 5.40. The third-order valence-corrected chi connectivity index (χ3v) is 6.27. The molecule has 4 rings (SSSR count). The Morgan fingerprint density at radius 3 is 2.69 bits per heavy atom. The van der Waals surface area contributed by atoms with Crippen LogP contribution in [0.3, 0.4) is 0 Å². The summed E-state index contributed by atoms with van der Waals surface area (Å²) >= 11 is 3.49. The second kappa shape index (κ2) is 9.73. The zero-order valence-corrected chi connectivity index (χ0v) is 19.3. The number of carbonyl (C=O) groups is 2. The smallest absolute Gasteiger partial charge is 0.329 e. The molecule has 1 aliphatic heterocycles. The van der Waals surface area contributed by atoms with Gasteiger partial charge in [-0.25, -0.2) is 9.18 Å². The predicted molar refractivity (Wildman–Crippen MR) is 122 cm³/mol. The number of benzene rings is 2. The van der Waals surface area contributed by atoms with Gasteiger partial charge in [0.2, 0.25) is 0 Å². The normalized spacial score (nSPS) is 18.2. The SMILES string of the molecule is COc1cc(/C=C2\NC(=O)N(C3CCCCC3)C2=O)cc(Br)c1OCc1cccc(F)c1. The van der Waals surface area contributed by atoms with Gasteiger partial charge in [0.25, 0.3) is 5.91 Å². The number of methoxy groups -OCH3 is 1. The molecule has 0 spiro atoms. The molecule has 2 aromatic carbocycles. The van der Waals surface area contributed by atoms with E-state index >= 15 is 0 Å². The molecule has 168 valence electrons. The summed E-state index contributed by atoms with van der Waals surface area (Å²) in [6, 6.07) is 9.28. The molecule has 1 saturated carbocycles. The van der Waals surface area contributed by atoms with Crippen LogP contribution in [0.2, 0.25) is 0 Å². The van der Waals surface area contributed by atoms with Crippen molar-refractivity contribution in [2.75, 3.05) is 7.11 Å². The molecule has 3 amide bonds. The molecule has 1 heterocycles. The van der Waals surface area contributed by atoms with Crippen molar-refractivity contribution in [3.05, 3.63) is 63.5 Å². The lowest BCUT2D eigenvalue weighted by Crippen LogP contribution is -2.41. The Hall–Kier alpha value is -2.87. The highest BCUT2D eigenvalue weighted by molar-refractivity contribution is 9.10. The van der Waals surface area contributed by atoms with Gasteiger partial charge in [0.05, 0.1) is 11.6 Å². The minimum absolute atomic E-state index is 0.0398. The van der Waals surface area contributed by atoms with Crippen LogP contribution in [0.25, 0.3) is 6.08 Å². The number of halogens is 2. The Labute approximate surface area is 194 Å². The van der Waals surface area contributed by atoms with Crippen molar-refractivity contribution in [1.29, 1.82) is 0 Å². The first kappa shape index (κ1) is 22.3. The van der Waals surface area contributed by atoms with Crippen LogP contribution in [0.5, 0.6) is 11.5 Å². The fourth-order valence-electron chi connectivity index (χ4n) is 4.13. The number of rotatable bonds is 6. The molecule has 0 aromatic heterocycles. The Bertz CT molecular complexity index is 1070. The summed E-state index contributed by atoms with van der Waals surface area (Å²) < 4.78 is 25.3. The van der Waals surface area contributed by atoms with Crippen LogP contribution < -0.4 is 14.8 Å². The van der Waals surface area contributed by atoms with Crippen LogP contribution in [0.15, 0.2) is 46.6 Å². The molecule has 6 nitrogen and oxygen atoms in total. The van der Waals surface area contributed by atoms with Gasteiger partial charge in [-0.3, -0.25) is 9.69 Å². The summed E-state index contributed by atoms with van der Waals surface area (Å²) in [5, 5.41) is 2.70. The second-order valence-corrected chi connectivity index (χ2v) is 8.76. The summed E-state index contributed by atoms with van der Waals surface area (Å²) in [6.07, 6.45) is 6.54. The van der Waals surface area contributed by atoms with E-state index in [1.807, 2.05) is 0 Å². The largest absolute Gasteiger partial charge is 0.493 e. The summed E-state index contributed by atoms with van der Waals surface area (Å²) in [5.74, 6) is 0.279. The van der Waals surface area contributed by atoms with E-state index in [1.165, 1.54) is 24.1 Å². The standard InChI is InChI=1S/C24H24BrFN2O4/c1-31-21-13-16(11-19(25)22(21)32-14-15-6-5-7-17(26)10-15)12-20-23(29)28(24(30)27-20)18-8-3-2-4-9-18/h5-7,10-13,18H,2-4,8-9,14H2,1H3,(H,27,30)/b20-12-. The average molecular weight is 503 g/mol. The van der Waals surface area contributed by atoms with Gasteiger partial charge in [0, 0.05) is 6.04 Å². The average Bonchev–Trinajstić information content (AvgIpc) is 3.06. The monoisotopic (exact) mass is 502 g/mol. The van der Waals surface area contributed by atoms with Gasteiger partial charge in [-0.2, -0.15) is 0 Å². The minimum atomic E-state index is -0.366. The number of carbonyl (C=O) groups excluding carboxylic acids is 2. The van der Waals surface area contributed by atoms with Gasteiger partial charge in [0.1, 0.15) is 18.1 Å². The van der Waals surface area contributed by atoms with Crippen LogP contribution in [-0.2, 0) is 11.4 Å². The van der Waals surface area contributed by atoms with E-state index in [-0.39, 0.29) is 36.1 Å². The quantitative estimate of drug-likeness (QED) is 0.424. The second-order valence-electron chi connectivity index (χ2n) is 7.91. The first-order chi connectivity index (χ1) is 15.5.